The lowest BCUT2D eigenvalue weighted by atomic mass is 10.1. The molecule has 1 amide bonds. The smallest absolute Gasteiger partial charge is 0.275 e. The first kappa shape index (κ1) is 16.5. The van der Waals surface area contributed by atoms with Crippen molar-refractivity contribution in [2.24, 2.45) is 5.92 Å². The molecule has 0 aliphatic heterocycles. The molecule has 1 N–H and O–H groups in total. The summed E-state index contributed by atoms with van der Waals surface area (Å²) in [6, 6.07) is 5.61. The summed E-state index contributed by atoms with van der Waals surface area (Å²) in [5, 5.41) is 10.3. The molecule has 0 saturated heterocycles. The molecule has 5 nitrogen and oxygen atoms in total. The SMILES string of the molecule is CC(C)CN(C[C@H](O)c1ccc(F)cc1)C(=O)c1cnsn1. The highest BCUT2D eigenvalue weighted by molar-refractivity contribution is 6.99. The highest BCUT2D eigenvalue weighted by Gasteiger charge is 2.22. The van der Waals surface area contributed by atoms with Crippen molar-refractivity contribution in [2.45, 2.75) is 20.0 Å². The summed E-state index contributed by atoms with van der Waals surface area (Å²) < 4.78 is 20.7. The van der Waals surface area contributed by atoms with Crippen molar-refractivity contribution in [3.8, 4) is 0 Å². The molecule has 7 heteroatoms. The number of carbonyl (C=O) groups is 1. The van der Waals surface area contributed by atoms with E-state index in [-0.39, 0.29) is 29.9 Å². The first-order valence-corrected chi connectivity index (χ1v) is 7.70. The van der Waals surface area contributed by atoms with Crippen LogP contribution in [0.1, 0.15) is 36.0 Å². The van der Waals surface area contributed by atoms with Gasteiger partial charge in [0.15, 0.2) is 5.69 Å². The van der Waals surface area contributed by atoms with Crippen LogP contribution in [0.5, 0.6) is 0 Å². The Hall–Kier alpha value is -1.86. The van der Waals surface area contributed by atoms with Gasteiger partial charge in [-0.2, -0.15) is 8.75 Å². The molecular formula is C15H18FN3O2S. The topological polar surface area (TPSA) is 66.3 Å². The summed E-state index contributed by atoms with van der Waals surface area (Å²) in [7, 11) is 0. The van der Waals surface area contributed by atoms with Crippen LogP contribution < -0.4 is 0 Å². The average molecular weight is 323 g/mol. The Labute approximate surface area is 132 Å². The predicted octanol–water partition coefficient (Wildman–Crippen LogP) is 2.51. The van der Waals surface area contributed by atoms with Gasteiger partial charge in [0.25, 0.3) is 5.91 Å². The monoisotopic (exact) mass is 323 g/mol. The summed E-state index contributed by atoms with van der Waals surface area (Å²) in [5.41, 5.74) is 0.844. The van der Waals surface area contributed by atoms with E-state index >= 15 is 0 Å². The van der Waals surface area contributed by atoms with E-state index in [4.69, 9.17) is 0 Å². The highest BCUT2D eigenvalue weighted by atomic mass is 32.1. The quantitative estimate of drug-likeness (QED) is 0.887. The van der Waals surface area contributed by atoms with E-state index in [0.717, 1.165) is 11.7 Å². The van der Waals surface area contributed by atoms with Gasteiger partial charge in [-0.15, -0.1) is 0 Å². The van der Waals surface area contributed by atoms with Crippen molar-refractivity contribution in [1.29, 1.82) is 0 Å². The Morgan fingerprint density at radius 3 is 2.55 bits per heavy atom. The van der Waals surface area contributed by atoms with E-state index in [2.05, 4.69) is 8.75 Å². The number of aromatic nitrogens is 2. The molecule has 0 spiro atoms. The second kappa shape index (κ2) is 7.42. The van der Waals surface area contributed by atoms with E-state index < -0.39 is 6.10 Å². The van der Waals surface area contributed by atoms with Crippen LogP contribution in [0.3, 0.4) is 0 Å². The molecule has 0 bridgehead atoms. The lowest BCUT2D eigenvalue weighted by molar-refractivity contribution is 0.0590. The fourth-order valence-electron chi connectivity index (χ4n) is 2.10. The minimum Gasteiger partial charge on any atom is -0.387 e. The molecule has 0 saturated carbocycles. The Balaban J connectivity index is 2.12. The minimum atomic E-state index is -0.880. The molecule has 22 heavy (non-hydrogen) atoms. The van der Waals surface area contributed by atoms with Crippen LogP contribution in [-0.2, 0) is 0 Å². The van der Waals surface area contributed by atoms with Crippen molar-refractivity contribution in [3.05, 3.63) is 47.5 Å². The number of nitrogens with zero attached hydrogens (tertiary/aromatic N) is 3. The van der Waals surface area contributed by atoms with Gasteiger partial charge >= 0.3 is 0 Å². The second-order valence-corrected chi connectivity index (χ2v) is 6.02. The normalized spacial score (nSPS) is 12.4. The third-order valence-electron chi connectivity index (χ3n) is 3.10. The van der Waals surface area contributed by atoms with Crippen LogP contribution in [0.25, 0.3) is 0 Å². The molecule has 2 aromatic rings. The largest absolute Gasteiger partial charge is 0.387 e. The number of carbonyl (C=O) groups excluding carboxylic acids is 1. The van der Waals surface area contributed by atoms with Gasteiger partial charge in [0.05, 0.1) is 30.6 Å². The number of rotatable bonds is 6. The molecule has 0 aliphatic rings. The fraction of sp³-hybridized carbons (Fsp3) is 0.400. The first-order valence-electron chi connectivity index (χ1n) is 6.97. The number of aliphatic hydroxyl groups excluding tert-OH is 1. The Bertz CT molecular complexity index is 602. The van der Waals surface area contributed by atoms with Crippen LogP contribution >= 0.6 is 11.7 Å². The van der Waals surface area contributed by atoms with Crippen molar-refractivity contribution >= 4 is 17.6 Å². The molecular weight excluding hydrogens is 305 g/mol. The van der Waals surface area contributed by atoms with Gasteiger partial charge in [-0.05, 0) is 23.6 Å². The van der Waals surface area contributed by atoms with Crippen LogP contribution in [0.4, 0.5) is 4.39 Å². The standard InChI is InChI=1S/C15H18FN3O2S/c1-10(2)8-19(15(21)13-7-17-22-18-13)9-14(20)11-3-5-12(16)6-4-11/h3-7,10,14,20H,8-9H2,1-2H3/t14-/m0/s1. The fourth-order valence-corrected chi connectivity index (χ4v) is 2.51. The van der Waals surface area contributed by atoms with E-state index in [9.17, 15) is 14.3 Å². The van der Waals surface area contributed by atoms with Gasteiger partial charge in [0.2, 0.25) is 0 Å². The number of aliphatic hydroxyl groups is 1. The van der Waals surface area contributed by atoms with E-state index in [1.165, 1.54) is 30.5 Å². The van der Waals surface area contributed by atoms with E-state index in [1.807, 2.05) is 13.8 Å². The molecule has 1 atom stereocenters. The lowest BCUT2D eigenvalue weighted by Crippen LogP contribution is -2.37. The van der Waals surface area contributed by atoms with Crippen LogP contribution in [-0.4, -0.2) is 37.8 Å². The maximum absolute atomic E-state index is 12.9. The summed E-state index contributed by atoms with van der Waals surface area (Å²) >= 11 is 0.969. The third-order valence-corrected chi connectivity index (χ3v) is 3.58. The molecule has 0 unspecified atom stereocenters. The van der Waals surface area contributed by atoms with Crippen molar-refractivity contribution in [3.63, 3.8) is 0 Å². The van der Waals surface area contributed by atoms with Gasteiger partial charge in [0.1, 0.15) is 5.82 Å². The molecule has 1 aromatic heterocycles. The van der Waals surface area contributed by atoms with Gasteiger partial charge in [-0.3, -0.25) is 4.79 Å². The third kappa shape index (κ3) is 4.32. The number of amides is 1. The van der Waals surface area contributed by atoms with Crippen LogP contribution in [0.2, 0.25) is 0 Å². The summed E-state index contributed by atoms with van der Waals surface area (Å²) in [5.74, 6) is -0.376. The maximum atomic E-state index is 12.9. The van der Waals surface area contributed by atoms with Gasteiger partial charge in [0, 0.05) is 6.54 Å². The molecule has 2 rings (SSSR count). The molecule has 0 fully saturated rings. The average Bonchev–Trinajstić information content (AvgIpc) is 3.00. The van der Waals surface area contributed by atoms with Crippen molar-refractivity contribution in [2.75, 3.05) is 13.1 Å². The molecule has 1 aromatic carbocycles. The van der Waals surface area contributed by atoms with Crippen molar-refractivity contribution in [1.82, 2.24) is 13.6 Å². The number of hydrogen-bond acceptors (Lipinski definition) is 5. The number of benzene rings is 1. The van der Waals surface area contributed by atoms with Crippen LogP contribution in [0, 0.1) is 11.7 Å². The molecule has 1 heterocycles. The van der Waals surface area contributed by atoms with Gasteiger partial charge in [-0.1, -0.05) is 26.0 Å². The highest BCUT2D eigenvalue weighted by Crippen LogP contribution is 2.17. The minimum absolute atomic E-state index is 0.125. The predicted molar refractivity (Wildman–Crippen MR) is 82.0 cm³/mol. The zero-order valence-corrected chi connectivity index (χ0v) is 13.3. The zero-order chi connectivity index (χ0) is 16.1. The van der Waals surface area contributed by atoms with E-state index in [1.54, 1.807) is 4.90 Å². The zero-order valence-electron chi connectivity index (χ0n) is 12.4. The summed E-state index contributed by atoms with van der Waals surface area (Å²) in [4.78, 5) is 14.0. The maximum Gasteiger partial charge on any atom is 0.275 e. The summed E-state index contributed by atoms with van der Waals surface area (Å²) in [6.07, 6.45) is 0.542. The molecule has 0 aliphatic carbocycles. The lowest BCUT2D eigenvalue weighted by Gasteiger charge is -2.26. The number of hydrogen-bond donors (Lipinski definition) is 1. The Morgan fingerprint density at radius 1 is 1.32 bits per heavy atom. The molecule has 0 radical (unpaired) electrons. The summed E-state index contributed by atoms with van der Waals surface area (Å²) in [6.45, 7) is 4.60. The first-order chi connectivity index (χ1) is 10.5. The van der Waals surface area contributed by atoms with Crippen molar-refractivity contribution < 1.29 is 14.3 Å². The number of halogens is 1. The Morgan fingerprint density at radius 2 is 2.00 bits per heavy atom. The second-order valence-electron chi connectivity index (χ2n) is 5.46. The molecule has 118 valence electrons. The Kier molecular flexibility index (Phi) is 5.57. The van der Waals surface area contributed by atoms with E-state index in [0.29, 0.717) is 12.1 Å². The van der Waals surface area contributed by atoms with Crippen LogP contribution in [0.15, 0.2) is 30.5 Å². The van der Waals surface area contributed by atoms with Gasteiger partial charge in [-0.25, -0.2) is 4.39 Å². The van der Waals surface area contributed by atoms with Gasteiger partial charge < -0.3 is 10.0 Å².